The van der Waals surface area contributed by atoms with Gasteiger partial charge in [0.05, 0.1) is 29.2 Å². The first-order valence-corrected chi connectivity index (χ1v) is 13.1. The lowest BCUT2D eigenvalue weighted by Crippen LogP contribution is -2.52. The van der Waals surface area contributed by atoms with Gasteiger partial charge in [0.15, 0.2) is 0 Å². The monoisotopic (exact) mass is 486 g/mol. The highest BCUT2D eigenvalue weighted by molar-refractivity contribution is 5.94. The SMILES string of the molecule is CCN1CCOc2ccccc2CCCCC2(CCN(C(=O)c3cnc4ccccc4n3)CC2)C1=O. The van der Waals surface area contributed by atoms with Crippen molar-refractivity contribution in [1.82, 2.24) is 19.8 Å². The van der Waals surface area contributed by atoms with Gasteiger partial charge in [-0.15, -0.1) is 0 Å². The van der Waals surface area contributed by atoms with Crippen molar-refractivity contribution in [3.05, 3.63) is 66.0 Å². The Balaban J connectivity index is 1.31. The first-order valence-electron chi connectivity index (χ1n) is 13.1. The summed E-state index contributed by atoms with van der Waals surface area (Å²) in [6.45, 7) is 4.84. The van der Waals surface area contributed by atoms with E-state index in [1.807, 2.05) is 53.1 Å². The first kappa shape index (κ1) is 24.2. The molecule has 1 spiro atoms. The fourth-order valence-electron chi connectivity index (χ4n) is 5.57. The first-order chi connectivity index (χ1) is 17.6. The lowest BCUT2D eigenvalue weighted by molar-refractivity contribution is -0.145. The zero-order chi connectivity index (χ0) is 25.0. The number of carbonyl (C=O) groups excluding carboxylic acids is 2. The Bertz CT molecular complexity index is 1240. The maximum Gasteiger partial charge on any atom is 0.274 e. The predicted molar refractivity (Wildman–Crippen MR) is 139 cm³/mol. The third kappa shape index (κ3) is 4.92. The van der Waals surface area contributed by atoms with Crippen LogP contribution in [0.4, 0.5) is 0 Å². The Morgan fingerprint density at radius 2 is 1.72 bits per heavy atom. The van der Waals surface area contributed by atoms with Crippen LogP contribution in [0.1, 0.15) is 55.1 Å². The number of likely N-dealkylation sites (N-methyl/N-ethyl adjacent to an activating group) is 1. The number of hydrogen-bond donors (Lipinski definition) is 0. The van der Waals surface area contributed by atoms with Crippen LogP contribution >= 0.6 is 0 Å². The van der Waals surface area contributed by atoms with Crippen molar-refractivity contribution >= 4 is 22.8 Å². The maximum atomic E-state index is 13.9. The Labute approximate surface area is 212 Å². The molecule has 0 saturated carbocycles. The molecule has 0 bridgehead atoms. The molecule has 0 aliphatic carbocycles. The lowest BCUT2D eigenvalue weighted by Gasteiger charge is -2.43. The van der Waals surface area contributed by atoms with Gasteiger partial charge < -0.3 is 14.5 Å². The highest BCUT2D eigenvalue weighted by Crippen LogP contribution is 2.39. The highest BCUT2D eigenvalue weighted by Gasteiger charge is 2.44. The number of fused-ring (bicyclic) bond motifs is 2. The molecule has 3 heterocycles. The molecule has 2 aromatic carbocycles. The van der Waals surface area contributed by atoms with E-state index in [9.17, 15) is 9.59 Å². The van der Waals surface area contributed by atoms with Gasteiger partial charge in [0, 0.05) is 19.6 Å². The third-order valence-electron chi connectivity index (χ3n) is 7.74. The largest absolute Gasteiger partial charge is 0.491 e. The van der Waals surface area contributed by atoms with Gasteiger partial charge in [-0.05, 0) is 62.8 Å². The second kappa shape index (κ2) is 10.6. The molecular formula is C29H34N4O3. The standard InChI is InChI=1S/C29H34N4O3/c1-2-32-19-20-36-26-13-6-3-9-22(26)10-7-8-14-29(28(32)35)15-17-33(18-16-29)27(34)25-21-30-23-11-4-5-12-24(23)31-25/h3-6,9,11-13,21H,2,7-8,10,14-20H2,1H3. The van der Waals surface area contributed by atoms with E-state index in [2.05, 4.69) is 22.1 Å². The van der Waals surface area contributed by atoms with Gasteiger partial charge in [0.2, 0.25) is 5.91 Å². The van der Waals surface area contributed by atoms with Crippen LogP contribution in [0.3, 0.4) is 0 Å². The minimum atomic E-state index is -0.430. The molecule has 2 aliphatic heterocycles. The number of rotatable bonds is 2. The normalized spacial score (nSPS) is 18.8. The zero-order valence-corrected chi connectivity index (χ0v) is 21.0. The highest BCUT2D eigenvalue weighted by atomic mass is 16.5. The van der Waals surface area contributed by atoms with Crippen molar-refractivity contribution in [3.8, 4) is 5.75 Å². The van der Waals surface area contributed by atoms with E-state index in [4.69, 9.17) is 4.74 Å². The van der Waals surface area contributed by atoms with Crippen molar-refractivity contribution in [3.63, 3.8) is 0 Å². The molecule has 1 aromatic heterocycles. The van der Waals surface area contributed by atoms with Gasteiger partial charge in [-0.2, -0.15) is 0 Å². The molecule has 2 amide bonds. The number of amides is 2. The summed E-state index contributed by atoms with van der Waals surface area (Å²) in [5.74, 6) is 1.03. The van der Waals surface area contributed by atoms with Crippen LogP contribution in [0.5, 0.6) is 5.75 Å². The molecule has 2 aliphatic rings. The second-order valence-electron chi connectivity index (χ2n) is 9.86. The summed E-state index contributed by atoms with van der Waals surface area (Å²) in [6, 6.07) is 15.8. The Kier molecular flexibility index (Phi) is 7.16. The second-order valence-corrected chi connectivity index (χ2v) is 9.86. The Hall–Kier alpha value is -3.48. The van der Waals surface area contributed by atoms with Crippen LogP contribution in [0.15, 0.2) is 54.7 Å². The summed E-state index contributed by atoms with van der Waals surface area (Å²) in [4.78, 5) is 39.8. The van der Waals surface area contributed by atoms with Crippen molar-refractivity contribution in [1.29, 1.82) is 0 Å². The Morgan fingerprint density at radius 3 is 2.53 bits per heavy atom. The van der Waals surface area contributed by atoms with Crippen molar-refractivity contribution in [2.75, 3.05) is 32.8 Å². The number of aromatic nitrogens is 2. The summed E-state index contributed by atoms with van der Waals surface area (Å²) < 4.78 is 6.08. The smallest absolute Gasteiger partial charge is 0.274 e. The van der Waals surface area contributed by atoms with Crippen molar-refractivity contribution in [2.24, 2.45) is 5.41 Å². The molecule has 0 atom stereocenters. The van der Waals surface area contributed by atoms with Gasteiger partial charge in [0.25, 0.3) is 5.91 Å². The van der Waals surface area contributed by atoms with Crippen molar-refractivity contribution in [2.45, 2.75) is 45.4 Å². The molecule has 5 rings (SSSR count). The van der Waals surface area contributed by atoms with Gasteiger partial charge in [-0.1, -0.05) is 36.8 Å². The zero-order valence-electron chi connectivity index (χ0n) is 21.0. The van der Waals surface area contributed by atoms with E-state index in [0.29, 0.717) is 56.8 Å². The summed E-state index contributed by atoms with van der Waals surface area (Å²) in [5, 5.41) is 0. The number of hydrogen-bond acceptors (Lipinski definition) is 5. The molecule has 0 N–H and O–H groups in total. The summed E-state index contributed by atoms with van der Waals surface area (Å²) in [6.07, 6.45) is 6.69. The van der Waals surface area contributed by atoms with Crippen LogP contribution in [0.25, 0.3) is 11.0 Å². The van der Waals surface area contributed by atoms with Crippen LogP contribution in [0, 0.1) is 5.41 Å². The number of nitrogens with zero attached hydrogens (tertiary/aromatic N) is 4. The maximum absolute atomic E-state index is 13.9. The van der Waals surface area contributed by atoms with E-state index in [1.165, 1.54) is 5.56 Å². The minimum Gasteiger partial charge on any atom is -0.491 e. The number of likely N-dealkylation sites (tertiary alicyclic amines) is 1. The van der Waals surface area contributed by atoms with E-state index in [0.717, 1.165) is 36.9 Å². The summed E-state index contributed by atoms with van der Waals surface area (Å²) in [7, 11) is 0. The van der Waals surface area contributed by atoms with Crippen LogP contribution in [-0.2, 0) is 11.2 Å². The van der Waals surface area contributed by atoms with Gasteiger partial charge in [-0.25, -0.2) is 4.98 Å². The summed E-state index contributed by atoms with van der Waals surface area (Å²) >= 11 is 0. The molecule has 188 valence electrons. The fourth-order valence-corrected chi connectivity index (χ4v) is 5.57. The number of benzene rings is 2. The topological polar surface area (TPSA) is 75.6 Å². The van der Waals surface area contributed by atoms with E-state index in [1.54, 1.807) is 6.20 Å². The van der Waals surface area contributed by atoms with Crippen LogP contribution in [-0.4, -0.2) is 64.4 Å². The third-order valence-corrected chi connectivity index (χ3v) is 7.74. The minimum absolute atomic E-state index is 0.110. The lowest BCUT2D eigenvalue weighted by atomic mass is 9.73. The molecule has 7 heteroatoms. The molecule has 1 fully saturated rings. The number of ether oxygens (including phenoxy) is 1. The Morgan fingerprint density at radius 1 is 0.972 bits per heavy atom. The van der Waals surface area contributed by atoms with E-state index in [-0.39, 0.29) is 11.8 Å². The van der Waals surface area contributed by atoms with E-state index < -0.39 is 5.41 Å². The van der Waals surface area contributed by atoms with Gasteiger partial charge in [-0.3, -0.25) is 14.6 Å². The van der Waals surface area contributed by atoms with Crippen molar-refractivity contribution < 1.29 is 14.3 Å². The molecule has 1 saturated heterocycles. The number of aryl methyl sites for hydroxylation is 1. The number of carbonyl (C=O) groups is 2. The van der Waals surface area contributed by atoms with Crippen LogP contribution < -0.4 is 4.74 Å². The molecule has 0 unspecified atom stereocenters. The molecule has 3 aromatic rings. The van der Waals surface area contributed by atoms with E-state index >= 15 is 0 Å². The fraction of sp³-hybridized carbons (Fsp3) is 0.448. The number of para-hydroxylation sites is 3. The molecule has 7 nitrogen and oxygen atoms in total. The number of piperidine rings is 1. The average molecular weight is 487 g/mol. The molecular weight excluding hydrogens is 452 g/mol. The molecule has 0 radical (unpaired) electrons. The predicted octanol–water partition coefficient (Wildman–Crippen LogP) is 4.51. The van der Waals surface area contributed by atoms with Crippen LogP contribution in [0.2, 0.25) is 0 Å². The summed E-state index contributed by atoms with van der Waals surface area (Å²) in [5.41, 5.74) is 2.66. The van der Waals surface area contributed by atoms with Gasteiger partial charge in [0.1, 0.15) is 18.1 Å². The average Bonchev–Trinajstić information content (AvgIpc) is 2.93. The molecule has 36 heavy (non-hydrogen) atoms. The van der Waals surface area contributed by atoms with Gasteiger partial charge >= 0.3 is 0 Å². The quantitative estimate of drug-likeness (QED) is 0.533.